The van der Waals surface area contributed by atoms with E-state index in [1.54, 1.807) is 48.5 Å². The zero-order valence-electron chi connectivity index (χ0n) is 18.8. The number of cyclic esters (lactones) is 1. The Hall–Kier alpha value is -4.32. The van der Waals surface area contributed by atoms with Gasteiger partial charge in [-0.1, -0.05) is 72.3 Å². The predicted octanol–water partition coefficient (Wildman–Crippen LogP) is 4.62. The lowest BCUT2D eigenvalue weighted by molar-refractivity contribution is -0.143. The minimum Gasteiger partial charge on any atom is -0.453 e. The number of carbonyl (C=O) groups excluding carboxylic acids is 4. The van der Waals surface area contributed by atoms with Crippen LogP contribution in [0.1, 0.15) is 38.7 Å². The van der Waals surface area contributed by atoms with Gasteiger partial charge in [-0.05, 0) is 43.2 Å². The molecule has 2 atom stereocenters. The lowest BCUT2D eigenvalue weighted by Crippen LogP contribution is -2.37. The Morgan fingerprint density at radius 2 is 1.65 bits per heavy atom. The van der Waals surface area contributed by atoms with Gasteiger partial charge in [0, 0.05) is 11.3 Å². The molecular formula is C28H23NO5. The molecule has 1 N–H and O–H groups in total. The lowest BCUT2D eigenvalue weighted by Gasteiger charge is -2.20. The second-order valence-electron chi connectivity index (χ2n) is 8.17. The highest BCUT2D eigenvalue weighted by Crippen LogP contribution is 2.37. The number of Topliss-reactive ketones (excluding diaryl/α,β-unsaturated/α-hetero) is 1. The lowest BCUT2D eigenvalue weighted by atomic mass is 9.86. The zero-order chi connectivity index (χ0) is 24.2. The van der Waals surface area contributed by atoms with Crippen LogP contribution in [0.25, 0.3) is 6.08 Å². The minimum absolute atomic E-state index is 0.278. The van der Waals surface area contributed by atoms with Crippen molar-refractivity contribution in [3.8, 4) is 0 Å². The van der Waals surface area contributed by atoms with Crippen molar-refractivity contribution in [1.29, 1.82) is 0 Å². The molecule has 1 aliphatic heterocycles. The summed E-state index contributed by atoms with van der Waals surface area (Å²) in [5.41, 5.74) is 3.71. The minimum atomic E-state index is -1.52. The largest absolute Gasteiger partial charge is 0.453 e. The summed E-state index contributed by atoms with van der Waals surface area (Å²) in [6.07, 6.45) is 1.62. The smallest absolute Gasteiger partial charge is 0.339 e. The first-order chi connectivity index (χ1) is 16.3. The van der Waals surface area contributed by atoms with Gasteiger partial charge in [-0.25, -0.2) is 4.79 Å². The van der Waals surface area contributed by atoms with Gasteiger partial charge in [-0.3, -0.25) is 14.4 Å². The van der Waals surface area contributed by atoms with Crippen molar-refractivity contribution >= 4 is 35.2 Å². The monoisotopic (exact) mass is 453 g/mol. The van der Waals surface area contributed by atoms with Crippen LogP contribution < -0.4 is 5.32 Å². The number of ether oxygens (including phenoxy) is 1. The van der Waals surface area contributed by atoms with Crippen molar-refractivity contribution < 1.29 is 23.9 Å². The van der Waals surface area contributed by atoms with E-state index in [0.29, 0.717) is 11.3 Å². The summed E-state index contributed by atoms with van der Waals surface area (Å²) >= 11 is 0. The highest BCUT2D eigenvalue weighted by Gasteiger charge is 2.45. The van der Waals surface area contributed by atoms with Gasteiger partial charge in [0.25, 0.3) is 5.91 Å². The van der Waals surface area contributed by atoms with Crippen LogP contribution in [0.2, 0.25) is 0 Å². The molecule has 0 saturated heterocycles. The number of esters is 1. The first-order valence-corrected chi connectivity index (χ1v) is 10.8. The molecule has 0 aliphatic carbocycles. The second-order valence-corrected chi connectivity index (χ2v) is 8.17. The zero-order valence-corrected chi connectivity index (χ0v) is 18.8. The van der Waals surface area contributed by atoms with Gasteiger partial charge in [-0.2, -0.15) is 0 Å². The number of nitrogens with one attached hydrogen (secondary N) is 1. The second kappa shape index (κ2) is 9.67. The summed E-state index contributed by atoms with van der Waals surface area (Å²) in [6.45, 7) is 3.73. The molecule has 6 heteroatoms. The third kappa shape index (κ3) is 4.71. The number of amides is 1. The fraction of sp³-hybridized carbons (Fsp3) is 0.143. The van der Waals surface area contributed by atoms with Gasteiger partial charge < -0.3 is 10.1 Å². The fourth-order valence-corrected chi connectivity index (χ4v) is 3.96. The number of hydrogen-bond donors (Lipinski definition) is 1. The molecule has 6 nitrogen and oxygen atoms in total. The highest BCUT2D eigenvalue weighted by molar-refractivity contribution is 6.45. The van der Waals surface area contributed by atoms with E-state index < -0.39 is 35.5 Å². The van der Waals surface area contributed by atoms with Crippen molar-refractivity contribution in [2.75, 3.05) is 5.32 Å². The summed E-state index contributed by atoms with van der Waals surface area (Å²) < 4.78 is 5.43. The maximum Gasteiger partial charge on any atom is 0.339 e. The molecule has 0 unspecified atom stereocenters. The predicted molar refractivity (Wildman–Crippen MR) is 128 cm³/mol. The van der Waals surface area contributed by atoms with Crippen LogP contribution >= 0.6 is 0 Å². The Labute approximate surface area is 197 Å². The molecule has 1 aliphatic rings. The molecule has 0 spiro atoms. The average Bonchev–Trinajstić information content (AvgIpc) is 3.16. The third-order valence-corrected chi connectivity index (χ3v) is 5.71. The number of allylic oxidation sites excluding steroid dienone is 1. The number of carbonyl (C=O) groups is 4. The number of hydrogen-bond acceptors (Lipinski definition) is 5. The molecule has 0 saturated carbocycles. The van der Waals surface area contributed by atoms with E-state index in [4.69, 9.17) is 4.74 Å². The molecule has 1 amide bonds. The van der Waals surface area contributed by atoms with Crippen molar-refractivity contribution in [3.05, 3.63) is 107 Å². The van der Waals surface area contributed by atoms with Crippen LogP contribution in [0.4, 0.5) is 5.69 Å². The van der Waals surface area contributed by atoms with E-state index in [1.165, 1.54) is 6.08 Å². The molecule has 0 radical (unpaired) electrons. The van der Waals surface area contributed by atoms with Crippen LogP contribution in [0.15, 0.2) is 78.9 Å². The van der Waals surface area contributed by atoms with Crippen molar-refractivity contribution in [3.63, 3.8) is 0 Å². The van der Waals surface area contributed by atoms with Gasteiger partial charge in [0.1, 0.15) is 12.0 Å². The number of ketones is 2. The Kier molecular flexibility index (Phi) is 6.50. The molecular weight excluding hydrogens is 430 g/mol. The fourth-order valence-electron chi connectivity index (χ4n) is 3.96. The molecule has 34 heavy (non-hydrogen) atoms. The number of benzene rings is 3. The molecule has 0 fully saturated rings. The molecule has 0 aromatic heterocycles. The van der Waals surface area contributed by atoms with E-state index in [2.05, 4.69) is 5.32 Å². The Balaban J connectivity index is 1.66. The molecule has 3 aromatic rings. The SMILES string of the molecule is Cc1ccc(NC(=O)C(=O)[C@H](C(=O)/C=C\c2ccccc2)[C@H]2OC(=O)c3ccccc32)c(C)c1. The quantitative estimate of drug-likeness (QED) is 0.244. The van der Waals surface area contributed by atoms with Crippen LogP contribution in [0, 0.1) is 19.8 Å². The molecule has 1 heterocycles. The van der Waals surface area contributed by atoms with Crippen LogP contribution in [-0.2, 0) is 19.1 Å². The van der Waals surface area contributed by atoms with Crippen LogP contribution in [0.5, 0.6) is 0 Å². The maximum atomic E-state index is 13.3. The van der Waals surface area contributed by atoms with E-state index in [-0.39, 0.29) is 5.56 Å². The Bertz CT molecular complexity index is 1310. The van der Waals surface area contributed by atoms with Crippen LogP contribution in [-0.4, -0.2) is 23.4 Å². The van der Waals surface area contributed by atoms with Gasteiger partial charge in [0.2, 0.25) is 5.78 Å². The summed E-state index contributed by atoms with van der Waals surface area (Å²) in [7, 11) is 0. The molecule has 170 valence electrons. The van der Waals surface area contributed by atoms with Crippen molar-refractivity contribution in [1.82, 2.24) is 0 Å². The van der Waals surface area contributed by atoms with Gasteiger partial charge >= 0.3 is 5.97 Å². The normalized spacial score (nSPS) is 15.5. The van der Waals surface area contributed by atoms with Crippen molar-refractivity contribution in [2.24, 2.45) is 5.92 Å². The van der Waals surface area contributed by atoms with Gasteiger partial charge in [-0.15, -0.1) is 0 Å². The van der Waals surface area contributed by atoms with E-state index in [9.17, 15) is 19.2 Å². The molecule has 3 aromatic carbocycles. The first kappa shape index (κ1) is 22.9. The number of anilines is 1. The first-order valence-electron chi connectivity index (χ1n) is 10.8. The van der Waals surface area contributed by atoms with E-state index >= 15 is 0 Å². The maximum absolute atomic E-state index is 13.3. The summed E-state index contributed by atoms with van der Waals surface area (Å²) in [6, 6.07) is 21.0. The van der Waals surface area contributed by atoms with Crippen molar-refractivity contribution in [2.45, 2.75) is 20.0 Å². The van der Waals surface area contributed by atoms with E-state index in [0.717, 1.165) is 16.7 Å². The summed E-state index contributed by atoms with van der Waals surface area (Å²) in [5, 5.41) is 2.60. The standard InChI is InChI=1S/C28H23NO5/c1-17-12-14-22(18(2)16-17)29-27(32)25(31)24(23(30)15-13-19-8-4-3-5-9-19)26-20-10-6-7-11-21(20)28(33)34-26/h3-16,24,26H,1-2H3,(H,29,32)/b15-13-/t24-,26-/m0/s1. The third-order valence-electron chi connectivity index (χ3n) is 5.71. The summed E-state index contributed by atoms with van der Waals surface area (Å²) in [5.74, 6) is -4.69. The Morgan fingerprint density at radius 3 is 2.38 bits per heavy atom. The number of rotatable bonds is 7. The molecule has 4 rings (SSSR count). The molecule has 0 bridgehead atoms. The van der Waals surface area contributed by atoms with Gasteiger partial charge in [0.05, 0.1) is 5.56 Å². The average molecular weight is 453 g/mol. The van der Waals surface area contributed by atoms with E-state index in [1.807, 2.05) is 44.2 Å². The summed E-state index contributed by atoms with van der Waals surface area (Å²) in [4.78, 5) is 51.9. The van der Waals surface area contributed by atoms with Gasteiger partial charge in [0.15, 0.2) is 5.78 Å². The topological polar surface area (TPSA) is 89.5 Å². The number of aryl methyl sites for hydroxylation is 2. The number of fused-ring (bicyclic) bond motifs is 1. The highest BCUT2D eigenvalue weighted by atomic mass is 16.5. The Morgan fingerprint density at radius 1 is 0.941 bits per heavy atom. The van der Waals surface area contributed by atoms with Crippen LogP contribution in [0.3, 0.4) is 0 Å².